The van der Waals surface area contributed by atoms with E-state index in [0.717, 1.165) is 26.2 Å². The third kappa shape index (κ3) is 3.27. The molecule has 0 bridgehead atoms. The van der Waals surface area contributed by atoms with Crippen molar-refractivity contribution in [2.45, 2.75) is 31.8 Å². The van der Waals surface area contributed by atoms with Gasteiger partial charge in [0.25, 0.3) is 11.5 Å². The minimum atomic E-state index is -2.20. The normalized spacial score (nSPS) is 17.4. The summed E-state index contributed by atoms with van der Waals surface area (Å²) in [7, 11) is 0. The minimum Gasteiger partial charge on any atom is -0.478 e. The molecule has 118 valence electrons. The minimum absolute atomic E-state index is 0.210. The van der Waals surface area contributed by atoms with Crippen LogP contribution in [0.4, 0.5) is 0 Å². The number of carboxylic acids is 1. The second kappa shape index (κ2) is 6.60. The second-order valence-corrected chi connectivity index (χ2v) is 5.45. The number of aliphatic carboxylic acids is 1. The highest BCUT2D eigenvalue weighted by Gasteiger charge is 2.48. The molecule has 1 aromatic carbocycles. The van der Waals surface area contributed by atoms with Gasteiger partial charge in [-0.15, -0.1) is 0 Å². The van der Waals surface area contributed by atoms with Crippen molar-refractivity contribution in [3.63, 3.8) is 0 Å². The van der Waals surface area contributed by atoms with Crippen LogP contribution in [0.15, 0.2) is 30.3 Å². The Morgan fingerprint density at radius 2 is 1.68 bits per heavy atom. The molecule has 1 unspecified atom stereocenters. The lowest BCUT2D eigenvalue weighted by atomic mass is 10.0. The Morgan fingerprint density at radius 1 is 1.09 bits per heavy atom. The maximum atomic E-state index is 12.5. The molecule has 1 aliphatic heterocycles. The molecule has 1 N–H and O–H groups in total. The van der Waals surface area contributed by atoms with Crippen molar-refractivity contribution in [1.82, 2.24) is 4.90 Å². The molecular weight excluding hydrogens is 286 g/mol. The Balaban J connectivity index is 2.19. The molecule has 1 amide bonds. The Hall–Kier alpha value is -2.37. The first kappa shape index (κ1) is 16.0. The number of amides is 1. The van der Waals surface area contributed by atoms with Gasteiger partial charge < -0.3 is 14.7 Å². The van der Waals surface area contributed by atoms with Gasteiger partial charge in [-0.25, -0.2) is 9.59 Å². The van der Waals surface area contributed by atoms with E-state index in [0.29, 0.717) is 13.1 Å². The summed E-state index contributed by atoms with van der Waals surface area (Å²) >= 11 is 0. The number of piperidine rings is 1. The quantitative estimate of drug-likeness (QED) is 0.676. The van der Waals surface area contributed by atoms with Crippen molar-refractivity contribution in [1.29, 1.82) is 0 Å². The van der Waals surface area contributed by atoms with E-state index in [-0.39, 0.29) is 5.56 Å². The van der Waals surface area contributed by atoms with Crippen molar-refractivity contribution in [2.75, 3.05) is 13.1 Å². The zero-order valence-electron chi connectivity index (χ0n) is 12.4. The highest BCUT2D eigenvalue weighted by molar-refractivity contribution is 6.07. The number of hydrogen-bond donors (Lipinski definition) is 1. The number of nitrogens with zero attached hydrogens (tertiary/aromatic N) is 1. The van der Waals surface area contributed by atoms with Gasteiger partial charge in [0.05, 0.1) is 5.56 Å². The molecule has 1 saturated heterocycles. The highest BCUT2D eigenvalue weighted by Crippen LogP contribution is 2.21. The average molecular weight is 305 g/mol. The van der Waals surface area contributed by atoms with Gasteiger partial charge in [-0.3, -0.25) is 4.79 Å². The van der Waals surface area contributed by atoms with Crippen LogP contribution in [0.3, 0.4) is 0 Å². The van der Waals surface area contributed by atoms with Crippen LogP contribution in [0.25, 0.3) is 0 Å². The first-order valence-electron chi connectivity index (χ1n) is 7.26. The van der Waals surface area contributed by atoms with E-state index in [1.807, 2.05) is 0 Å². The zero-order valence-corrected chi connectivity index (χ0v) is 12.4. The van der Waals surface area contributed by atoms with Crippen LogP contribution in [0.2, 0.25) is 0 Å². The first-order valence-corrected chi connectivity index (χ1v) is 7.26. The number of carbonyl (C=O) groups excluding carboxylic acids is 2. The maximum Gasteiger partial charge on any atom is 0.357 e. The Labute approximate surface area is 128 Å². The number of carbonyl (C=O) groups is 3. The van der Waals surface area contributed by atoms with Crippen LogP contribution in [-0.2, 0) is 14.3 Å². The second-order valence-electron chi connectivity index (χ2n) is 5.45. The lowest BCUT2D eigenvalue weighted by Gasteiger charge is -2.33. The molecule has 1 aliphatic rings. The molecule has 1 aromatic rings. The number of carboxylic acid groups (broad SMARTS) is 1. The molecule has 0 aliphatic carbocycles. The number of hydrogen-bond acceptors (Lipinski definition) is 4. The lowest BCUT2D eigenvalue weighted by Crippen LogP contribution is -2.55. The van der Waals surface area contributed by atoms with Crippen molar-refractivity contribution in [3.8, 4) is 0 Å². The van der Waals surface area contributed by atoms with E-state index in [2.05, 4.69) is 0 Å². The molecule has 1 fully saturated rings. The third-order valence-corrected chi connectivity index (χ3v) is 3.77. The van der Waals surface area contributed by atoms with Crippen molar-refractivity contribution in [2.24, 2.45) is 0 Å². The average Bonchev–Trinajstić information content (AvgIpc) is 2.55. The summed E-state index contributed by atoms with van der Waals surface area (Å²) in [6.45, 7) is 2.11. The fourth-order valence-electron chi connectivity index (χ4n) is 2.40. The molecule has 6 nitrogen and oxygen atoms in total. The predicted octanol–water partition coefficient (Wildman–Crippen LogP) is 1.70. The van der Waals surface area contributed by atoms with Crippen molar-refractivity contribution < 1.29 is 24.2 Å². The van der Waals surface area contributed by atoms with Crippen LogP contribution in [-0.4, -0.2) is 46.5 Å². The molecular formula is C16H19NO5. The summed E-state index contributed by atoms with van der Waals surface area (Å²) in [6.07, 6.45) is 2.67. The molecule has 6 heteroatoms. The SMILES string of the molecule is CC(OC(=O)c1ccccc1)(C(=O)O)C(=O)N1CCCCC1. The Bertz CT molecular complexity index is 565. The molecule has 22 heavy (non-hydrogen) atoms. The summed E-state index contributed by atoms with van der Waals surface area (Å²) in [5.41, 5.74) is -1.99. The molecule has 2 rings (SSSR count). The number of ether oxygens (including phenoxy) is 1. The predicted molar refractivity (Wildman–Crippen MR) is 78.3 cm³/mol. The van der Waals surface area contributed by atoms with Gasteiger partial charge >= 0.3 is 11.9 Å². The van der Waals surface area contributed by atoms with E-state index in [9.17, 15) is 19.5 Å². The topological polar surface area (TPSA) is 83.9 Å². The third-order valence-electron chi connectivity index (χ3n) is 3.77. The molecule has 0 aromatic heterocycles. The molecule has 0 radical (unpaired) electrons. The van der Waals surface area contributed by atoms with E-state index >= 15 is 0 Å². The van der Waals surface area contributed by atoms with Crippen LogP contribution < -0.4 is 0 Å². The molecule has 0 spiro atoms. The summed E-state index contributed by atoms with van der Waals surface area (Å²) in [5, 5.41) is 9.40. The monoisotopic (exact) mass is 305 g/mol. The lowest BCUT2D eigenvalue weighted by molar-refractivity contribution is -0.170. The smallest absolute Gasteiger partial charge is 0.357 e. The fourth-order valence-corrected chi connectivity index (χ4v) is 2.40. The largest absolute Gasteiger partial charge is 0.478 e. The summed E-state index contributed by atoms with van der Waals surface area (Å²) in [5.74, 6) is -2.97. The van der Waals surface area contributed by atoms with E-state index in [1.54, 1.807) is 18.2 Å². The van der Waals surface area contributed by atoms with Gasteiger partial charge in [0, 0.05) is 13.1 Å². The maximum absolute atomic E-state index is 12.5. The highest BCUT2D eigenvalue weighted by atomic mass is 16.6. The summed E-state index contributed by atoms with van der Waals surface area (Å²) in [6, 6.07) is 8.03. The number of likely N-dealkylation sites (tertiary alicyclic amines) is 1. The Morgan fingerprint density at radius 3 is 2.23 bits per heavy atom. The Kier molecular flexibility index (Phi) is 4.80. The van der Waals surface area contributed by atoms with Crippen molar-refractivity contribution >= 4 is 17.8 Å². The van der Waals surface area contributed by atoms with E-state index in [1.165, 1.54) is 17.0 Å². The fraction of sp³-hybridized carbons (Fsp3) is 0.438. The number of benzene rings is 1. The van der Waals surface area contributed by atoms with Gasteiger partial charge in [-0.2, -0.15) is 0 Å². The first-order chi connectivity index (χ1) is 10.4. The molecule has 1 heterocycles. The van der Waals surface area contributed by atoms with Gasteiger partial charge in [0.15, 0.2) is 0 Å². The van der Waals surface area contributed by atoms with Crippen LogP contribution in [0, 0.1) is 0 Å². The van der Waals surface area contributed by atoms with Crippen LogP contribution in [0.5, 0.6) is 0 Å². The van der Waals surface area contributed by atoms with Gasteiger partial charge in [0.1, 0.15) is 0 Å². The van der Waals surface area contributed by atoms with Gasteiger partial charge in [-0.05, 0) is 38.3 Å². The number of esters is 1. The summed E-state index contributed by atoms with van der Waals surface area (Å²) < 4.78 is 5.07. The van der Waals surface area contributed by atoms with Crippen molar-refractivity contribution in [3.05, 3.63) is 35.9 Å². The van der Waals surface area contributed by atoms with Crippen LogP contribution >= 0.6 is 0 Å². The van der Waals surface area contributed by atoms with Crippen LogP contribution in [0.1, 0.15) is 36.5 Å². The van der Waals surface area contributed by atoms with Gasteiger partial charge in [0.2, 0.25) is 0 Å². The van der Waals surface area contributed by atoms with E-state index < -0.39 is 23.4 Å². The molecule has 0 saturated carbocycles. The van der Waals surface area contributed by atoms with Gasteiger partial charge in [-0.1, -0.05) is 18.2 Å². The number of rotatable bonds is 4. The standard InChI is InChI=1S/C16H19NO5/c1-16(15(20)21,14(19)17-10-6-3-7-11-17)22-13(18)12-8-4-2-5-9-12/h2,4-5,8-9H,3,6-7,10-11H2,1H3,(H,20,21). The van der Waals surface area contributed by atoms with E-state index in [4.69, 9.17) is 4.74 Å². The zero-order chi connectivity index (χ0) is 16.2. The summed E-state index contributed by atoms with van der Waals surface area (Å²) in [4.78, 5) is 37.6. The molecule has 1 atom stereocenters.